The van der Waals surface area contributed by atoms with E-state index in [0.717, 1.165) is 25.9 Å². The highest BCUT2D eigenvalue weighted by Gasteiger charge is 2.36. The second-order valence-corrected chi connectivity index (χ2v) is 7.55. The number of esters is 1. The van der Waals surface area contributed by atoms with Crippen molar-refractivity contribution in [1.29, 1.82) is 0 Å². The van der Waals surface area contributed by atoms with Gasteiger partial charge in [-0.1, -0.05) is 12.1 Å². The predicted molar refractivity (Wildman–Crippen MR) is 109 cm³/mol. The van der Waals surface area contributed by atoms with Crippen LogP contribution in [0.15, 0.2) is 24.3 Å². The number of carboxylic acid groups (broad SMARTS) is 1. The molecular formula is C21H29N3O6. The highest BCUT2D eigenvalue weighted by atomic mass is 16.5. The maximum absolute atomic E-state index is 13.2. The minimum Gasteiger partial charge on any atom is -0.489 e. The van der Waals surface area contributed by atoms with E-state index < -0.39 is 36.5 Å². The molecule has 0 saturated carbocycles. The summed E-state index contributed by atoms with van der Waals surface area (Å²) >= 11 is 0. The third-order valence-corrected chi connectivity index (χ3v) is 5.42. The van der Waals surface area contributed by atoms with Gasteiger partial charge in [-0.05, 0) is 57.3 Å². The van der Waals surface area contributed by atoms with Crippen LogP contribution < -0.4 is 20.3 Å². The zero-order chi connectivity index (χ0) is 21.5. The number of para-hydroxylation sites is 2. The first kappa shape index (κ1) is 22.0. The Balaban J connectivity index is 1.79. The summed E-state index contributed by atoms with van der Waals surface area (Å²) in [5, 5.41) is 15.7. The van der Waals surface area contributed by atoms with Crippen molar-refractivity contribution in [2.75, 3.05) is 37.7 Å². The largest absolute Gasteiger partial charge is 0.489 e. The Hall–Kier alpha value is -2.65. The Bertz CT molecular complexity index is 765. The fourth-order valence-electron chi connectivity index (χ4n) is 3.94. The number of amides is 1. The van der Waals surface area contributed by atoms with Crippen molar-refractivity contribution in [1.82, 2.24) is 10.6 Å². The van der Waals surface area contributed by atoms with Crippen LogP contribution in [0.25, 0.3) is 0 Å². The Kier molecular flexibility index (Phi) is 7.64. The molecule has 1 saturated heterocycles. The lowest BCUT2D eigenvalue weighted by atomic mass is 9.90. The summed E-state index contributed by atoms with van der Waals surface area (Å²) in [6.45, 7) is 3.28. The van der Waals surface area contributed by atoms with Gasteiger partial charge in [0.15, 0.2) is 0 Å². The number of carbonyl (C=O) groups is 3. The monoisotopic (exact) mass is 419 g/mol. The van der Waals surface area contributed by atoms with E-state index in [1.807, 2.05) is 0 Å². The molecule has 2 aliphatic heterocycles. The summed E-state index contributed by atoms with van der Waals surface area (Å²) in [6, 6.07) is 5.28. The van der Waals surface area contributed by atoms with Crippen LogP contribution in [-0.2, 0) is 19.1 Å². The fraction of sp³-hybridized carbons (Fsp3) is 0.571. The summed E-state index contributed by atoms with van der Waals surface area (Å²) < 4.78 is 11.0. The topological polar surface area (TPSA) is 117 Å². The minimum absolute atomic E-state index is 0.00586. The van der Waals surface area contributed by atoms with Crippen LogP contribution in [0.5, 0.6) is 5.75 Å². The fourth-order valence-corrected chi connectivity index (χ4v) is 3.94. The zero-order valence-electron chi connectivity index (χ0n) is 17.1. The first-order chi connectivity index (χ1) is 14.5. The molecule has 1 amide bonds. The number of hydrogen-bond donors (Lipinski definition) is 3. The Morgan fingerprint density at radius 2 is 2.07 bits per heavy atom. The van der Waals surface area contributed by atoms with Gasteiger partial charge < -0.3 is 19.9 Å². The van der Waals surface area contributed by atoms with Crippen molar-refractivity contribution >= 4 is 23.5 Å². The average molecular weight is 419 g/mol. The highest BCUT2D eigenvalue weighted by Crippen LogP contribution is 2.31. The molecule has 9 nitrogen and oxygen atoms in total. The van der Waals surface area contributed by atoms with Crippen molar-refractivity contribution in [2.24, 2.45) is 5.92 Å². The molecule has 3 N–H and O–H groups in total. The molecule has 0 aromatic heterocycles. The molecule has 3 rings (SSSR count). The van der Waals surface area contributed by atoms with Gasteiger partial charge >= 0.3 is 11.9 Å². The molecule has 0 radical (unpaired) electrons. The molecule has 9 heteroatoms. The summed E-state index contributed by atoms with van der Waals surface area (Å²) in [4.78, 5) is 38.4. The lowest BCUT2D eigenvalue weighted by molar-refractivity contribution is -0.147. The van der Waals surface area contributed by atoms with Gasteiger partial charge in [0, 0.05) is 0 Å². The van der Waals surface area contributed by atoms with Gasteiger partial charge in [0.2, 0.25) is 5.91 Å². The van der Waals surface area contributed by atoms with E-state index in [1.165, 1.54) is 4.90 Å². The van der Waals surface area contributed by atoms with Gasteiger partial charge in [0.05, 0.1) is 12.3 Å². The van der Waals surface area contributed by atoms with Crippen LogP contribution in [0.4, 0.5) is 5.69 Å². The van der Waals surface area contributed by atoms with Gasteiger partial charge in [-0.25, -0.2) is 0 Å². The number of rotatable bonds is 8. The number of nitrogens with one attached hydrogen (secondary N) is 2. The number of fused-ring (bicyclic) bond motifs is 1. The molecule has 0 spiro atoms. The zero-order valence-corrected chi connectivity index (χ0v) is 17.1. The molecule has 30 heavy (non-hydrogen) atoms. The van der Waals surface area contributed by atoms with Gasteiger partial charge in [-0.2, -0.15) is 0 Å². The molecule has 0 bridgehead atoms. The van der Waals surface area contributed by atoms with E-state index in [-0.39, 0.29) is 13.2 Å². The Labute approximate surface area is 175 Å². The molecule has 1 fully saturated rings. The molecule has 2 atom stereocenters. The van der Waals surface area contributed by atoms with Crippen LogP contribution in [-0.4, -0.2) is 67.9 Å². The van der Waals surface area contributed by atoms with Crippen molar-refractivity contribution in [3.63, 3.8) is 0 Å². The lowest BCUT2D eigenvalue weighted by Crippen LogP contribution is -2.55. The van der Waals surface area contributed by atoms with Crippen molar-refractivity contribution in [3.8, 4) is 5.75 Å². The number of benzene rings is 1. The van der Waals surface area contributed by atoms with E-state index in [2.05, 4.69) is 10.6 Å². The lowest BCUT2D eigenvalue weighted by Gasteiger charge is -2.29. The third-order valence-electron chi connectivity index (χ3n) is 5.42. The second kappa shape index (κ2) is 10.4. The van der Waals surface area contributed by atoms with Crippen molar-refractivity contribution in [3.05, 3.63) is 24.3 Å². The molecule has 2 heterocycles. The first-order valence-electron chi connectivity index (χ1n) is 10.4. The van der Waals surface area contributed by atoms with Crippen LogP contribution in [0.1, 0.15) is 26.2 Å². The first-order valence-corrected chi connectivity index (χ1v) is 10.4. The number of ether oxygens (including phenoxy) is 2. The van der Waals surface area contributed by atoms with Gasteiger partial charge in [0.1, 0.15) is 31.0 Å². The molecular weight excluding hydrogens is 390 g/mol. The summed E-state index contributed by atoms with van der Waals surface area (Å²) in [5.74, 6) is -1.21. The smallest absolute Gasteiger partial charge is 0.323 e. The second-order valence-electron chi connectivity index (χ2n) is 7.55. The van der Waals surface area contributed by atoms with Crippen LogP contribution in [0.2, 0.25) is 0 Å². The molecule has 2 aliphatic rings. The van der Waals surface area contributed by atoms with Crippen LogP contribution in [0, 0.1) is 5.92 Å². The highest BCUT2D eigenvalue weighted by molar-refractivity contribution is 6.02. The number of carboxylic acids is 1. The molecule has 0 aliphatic carbocycles. The predicted octanol–water partition coefficient (Wildman–Crippen LogP) is 0.776. The molecule has 1 aromatic rings. The van der Waals surface area contributed by atoms with Gasteiger partial charge in [0.25, 0.3) is 0 Å². The van der Waals surface area contributed by atoms with Crippen molar-refractivity contribution < 1.29 is 29.0 Å². The Morgan fingerprint density at radius 1 is 1.33 bits per heavy atom. The van der Waals surface area contributed by atoms with Crippen LogP contribution in [0.3, 0.4) is 0 Å². The van der Waals surface area contributed by atoms with Gasteiger partial charge in [-0.15, -0.1) is 0 Å². The maximum Gasteiger partial charge on any atom is 0.323 e. The van der Waals surface area contributed by atoms with Crippen molar-refractivity contribution in [2.45, 2.75) is 38.3 Å². The molecule has 164 valence electrons. The average Bonchev–Trinajstić information content (AvgIpc) is 2.86. The number of carbonyl (C=O) groups excluding carboxylic acids is 2. The van der Waals surface area contributed by atoms with Gasteiger partial charge in [-0.3, -0.25) is 24.6 Å². The quantitative estimate of drug-likeness (QED) is 0.529. The number of hydrogen-bond acceptors (Lipinski definition) is 7. The number of aliphatic carboxylic acids is 1. The normalized spacial score (nSPS) is 20.6. The number of nitrogens with zero attached hydrogens (tertiary/aromatic N) is 1. The Morgan fingerprint density at radius 3 is 2.77 bits per heavy atom. The maximum atomic E-state index is 13.2. The SMILES string of the molecule is CCOC(=O)[C@H](CC1CCNCC1)NC1COc2ccccc2N(CC(=O)O)C1=O. The summed E-state index contributed by atoms with van der Waals surface area (Å²) in [5.41, 5.74) is 0.403. The standard InChI is InChI=1S/C21H29N3O6/c1-2-29-21(28)15(11-14-7-9-22-10-8-14)23-16-13-30-18-6-4-3-5-17(18)24(20(16)27)12-19(25)26/h3-6,14-16,22-23H,2,7-13H2,1H3,(H,25,26)/t15-,16?/m0/s1. The van der Waals surface area contributed by atoms with E-state index in [0.29, 0.717) is 23.8 Å². The van der Waals surface area contributed by atoms with E-state index in [4.69, 9.17) is 9.47 Å². The minimum atomic E-state index is -1.13. The summed E-state index contributed by atoms with van der Waals surface area (Å²) in [6.07, 6.45) is 2.45. The summed E-state index contributed by atoms with van der Waals surface area (Å²) in [7, 11) is 0. The molecule has 1 aromatic carbocycles. The third kappa shape index (κ3) is 5.48. The number of anilines is 1. The molecule has 1 unspecified atom stereocenters. The van der Waals surface area contributed by atoms with Crippen LogP contribution >= 0.6 is 0 Å². The van der Waals surface area contributed by atoms with E-state index >= 15 is 0 Å². The van der Waals surface area contributed by atoms with E-state index in [1.54, 1.807) is 31.2 Å². The number of piperidine rings is 1. The van der Waals surface area contributed by atoms with E-state index in [9.17, 15) is 19.5 Å².